The fourth-order valence-electron chi connectivity index (χ4n) is 2.89. The molecule has 2 N–H and O–H groups in total. The molecule has 25 heavy (non-hydrogen) atoms. The van der Waals surface area contributed by atoms with E-state index in [9.17, 15) is 4.79 Å². The Balaban J connectivity index is 1.45. The van der Waals surface area contributed by atoms with Crippen molar-refractivity contribution in [3.63, 3.8) is 0 Å². The molecule has 0 atom stereocenters. The second-order valence-corrected chi connectivity index (χ2v) is 6.93. The lowest BCUT2D eigenvalue weighted by Gasteiger charge is -2.18. The standard InChI is InChI=1S/C19H21Cl2N3O/c20-14-3-8-18(17(21)13-14)23-19(25)9-10-22-15-4-6-16(7-5-15)24-11-1-2-12-24/h3-8,13,22H,1-2,9-12H2,(H,23,25). The van der Waals surface area contributed by atoms with Crippen LogP contribution in [0, 0.1) is 0 Å². The van der Waals surface area contributed by atoms with Crippen LogP contribution in [0.2, 0.25) is 10.0 Å². The van der Waals surface area contributed by atoms with Crippen molar-refractivity contribution in [3.05, 3.63) is 52.5 Å². The number of halogens is 2. The third-order valence-electron chi connectivity index (χ3n) is 4.22. The van der Waals surface area contributed by atoms with Crippen molar-refractivity contribution in [2.24, 2.45) is 0 Å². The highest BCUT2D eigenvalue weighted by molar-refractivity contribution is 6.36. The van der Waals surface area contributed by atoms with E-state index in [2.05, 4.69) is 39.8 Å². The molecular formula is C19H21Cl2N3O. The summed E-state index contributed by atoms with van der Waals surface area (Å²) in [6, 6.07) is 13.4. The number of carbonyl (C=O) groups is 1. The molecule has 1 aliphatic rings. The first-order chi connectivity index (χ1) is 12.1. The molecule has 1 amide bonds. The summed E-state index contributed by atoms with van der Waals surface area (Å²) in [5, 5.41) is 7.04. The Morgan fingerprint density at radius 2 is 1.76 bits per heavy atom. The number of amides is 1. The Bertz CT molecular complexity index is 728. The van der Waals surface area contributed by atoms with Crippen LogP contribution in [-0.4, -0.2) is 25.5 Å². The topological polar surface area (TPSA) is 44.4 Å². The van der Waals surface area contributed by atoms with Crippen molar-refractivity contribution < 1.29 is 4.79 Å². The Kier molecular flexibility index (Phi) is 6.05. The van der Waals surface area contributed by atoms with Gasteiger partial charge in [0.1, 0.15) is 0 Å². The van der Waals surface area contributed by atoms with Crippen LogP contribution in [-0.2, 0) is 4.79 Å². The summed E-state index contributed by atoms with van der Waals surface area (Å²) in [5.74, 6) is -0.0922. The maximum Gasteiger partial charge on any atom is 0.226 e. The molecule has 6 heteroatoms. The largest absolute Gasteiger partial charge is 0.385 e. The van der Waals surface area contributed by atoms with Gasteiger partial charge in [-0.2, -0.15) is 0 Å². The van der Waals surface area contributed by atoms with Gasteiger partial charge in [0.15, 0.2) is 0 Å². The van der Waals surface area contributed by atoms with Gasteiger partial charge in [-0.25, -0.2) is 0 Å². The summed E-state index contributed by atoms with van der Waals surface area (Å²) in [4.78, 5) is 14.4. The molecule has 0 radical (unpaired) electrons. The number of benzene rings is 2. The highest BCUT2D eigenvalue weighted by atomic mass is 35.5. The minimum Gasteiger partial charge on any atom is -0.385 e. The van der Waals surface area contributed by atoms with Gasteiger partial charge in [0.2, 0.25) is 5.91 Å². The van der Waals surface area contributed by atoms with Crippen molar-refractivity contribution in [2.45, 2.75) is 19.3 Å². The molecule has 1 fully saturated rings. The van der Waals surface area contributed by atoms with Gasteiger partial charge in [0.25, 0.3) is 0 Å². The Morgan fingerprint density at radius 1 is 1.04 bits per heavy atom. The van der Waals surface area contributed by atoms with Gasteiger partial charge in [-0.05, 0) is 55.3 Å². The molecule has 132 valence electrons. The first-order valence-corrected chi connectivity index (χ1v) is 9.21. The molecule has 0 aromatic heterocycles. The zero-order valence-corrected chi connectivity index (χ0v) is 15.4. The minimum absolute atomic E-state index is 0.0922. The molecule has 3 rings (SSSR count). The fourth-order valence-corrected chi connectivity index (χ4v) is 3.35. The van der Waals surface area contributed by atoms with Crippen LogP contribution in [0.4, 0.5) is 17.1 Å². The summed E-state index contributed by atoms with van der Waals surface area (Å²) >= 11 is 11.9. The van der Waals surface area contributed by atoms with E-state index in [1.807, 2.05) is 0 Å². The summed E-state index contributed by atoms with van der Waals surface area (Å²) in [7, 11) is 0. The van der Waals surface area contributed by atoms with E-state index in [0.29, 0.717) is 28.7 Å². The molecule has 1 saturated heterocycles. The zero-order valence-electron chi connectivity index (χ0n) is 13.9. The van der Waals surface area contributed by atoms with Gasteiger partial charge in [-0.15, -0.1) is 0 Å². The second kappa shape index (κ2) is 8.45. The predicted octanol–water partition coefficient (Wildman–Crippen LogP) is 5.03. The molecule has 0 unspecified atom stereocenters. The minimum atomic E-state index is -0.0922. The van der Waals surface area contributed by atoms with E-state index in [1.54, 1.807) is 18.2 Å². The summed E-state index contributed by atoms with van der Waals surface area (Å²) in [5.41, 5.74) is 2.85. The lowest BCUT2D eigenvalue weighted by atomic mass is 10.2. The van der Waals surface area contributed by atoms with Crippen LogP contribution < -0.4 is 15.5 Å². The lowest BCUT2D eigenvalue weighted by molar-refractivity contribution is -0.115. The Morgan fingerprint density at radius 3 is 2.44 bits per heavy atom. The molecule has 2 aromatic carbocycles. The number of rotatable bonds is 6. The zero-order chi connectivity index (χ0) is 17.6. The molecule has 1 aliphatic heterocycles. The van der Waals surface area contributed by atoms with Gasteiger partial charge in [0, 0.05) is 42.5 Å². The molecule has 1 heterocycles. The van der Waals surface area contributed by atoms with Crippen molar-refractivity contribution in [1.29, 1.82) is 0 Å². The summed E-state index contributed by atoms with van der Waals surface area (Å²) < 4.78 is 0. The van der Waals surface area contributed by atoms with E-state index in [-0.39, 0.29) is 5.91 Å². The molecule has 0 bridgehead atoms. The van der Waals surface area contributed by atoms with Crippen molar-refractivity contribution in [1.82, 2.24) is 0 Å². The first kappa shape index (κ1) is 17.9. The highest BCUT2D eigenvalue weighted by Crippen LogP contribution is 2.25. The van der Waals surface area contributed by atoms with Crippen molar-refractivity contribution >= 4 is 46.2 Å². The van der Waals surface area contributed by atoms with Gasteiger partial charge < -0.3 is 15.5 Å². The van der Waals surface area contributed by atoms with Crippen LogP contribution in [0.5, 0.6) is 0 Å². The lowest BCUT2D eigenvalue weighted by Crippen LogP contribution is -2.18. The number of hydrogen-bond acceptors (Lipinski definition) is 3. The van der Waals surface area contributed by atoms with Crippen LogP contribution in [0.3, 0.4) is 0 Å². The predicted molar refractivity (Wildman–Crippen MR) is 106 cm³/mol. The normalized spacial score (nSPS) is 13.8. The van der Waals surface area contributed by atoms with Gasteiger partial charge in [-0.3, -0.25) is 4.79 Å². The smallest absolute Gasteiger partial charge is 0.226 e. The van der Waals surface area contributed by atoms with Gasteiger partial charge in [0.05, 0.1) is 10.7 Å². The third-order valence-corrected chi connectivity index (χ3v) is 4.77. The molecular weight excluding hydrogens is 357 g/mol. The van der Waals surface area contributed by atoms with Gasteiger partial charge >= 0.3 is 0 Å². The van der Waals surface area contributed by atoms with E-state index in [0.717, 1.165) is 18.8 Å². The molecule has 4 nitrogen and oxygen atoms in total. The molecule has 0 spiro atoms. The van der Waals surface area contributed by atoms with Crippen LogP contribution >= 0.6 is 23.2 Å². The summed E-state index contributed by atoms with van der Waals surface area (Å²) in [6.07, 6.45) is 2.90. The van der Waals surface area contributed by atoms with Crippen molar-refractivity contribution in [3.8, 4) is 0 Å². The fraction of sp³-hybridized carbons (Fsp3) is 0.316. The Labute approximate surface area is 158 Å². The number of nitrogens with zero attached hydrogens (tertiary/aromatic N) is 1. The average Bonchev–Trinajstić information content (AvgIpc) is 3.13. The molecule has 2 aromatic rings. The Hall–Kier alpha value is -1.91. The third kappa shape index (κ3) is 5.03. The quantitative estimate of drug-likeness (QED) is 0.741. The highest BCUT2D eigenvalue weighted by Gasteiger charge is 2.11. The number of carbonyl (C=O) groups excluding carboxylic acids is 1. The van der Waals surface area contributed by atoms with Crippen molar-refractivity contribution in [2.75, 3.05) is 35.2 Å². The van der Waals surface area contributed by atoms with Crippen LogP contribution in [0.1, 0.15) is 19.3 Å². The average molecular weight is 378 g/mol. The number of anilines is 3. The van der Waals surface area contributed by atoms with Gasteiger partial charge in [-0.1, -0.05) is 23.2 Å². The van der Waals surface area contributed by atoms with E-state index in [1.165, 1.54) is 18.5 Å². The van der Waals surface area contributed by atoms with E-state index >= 15 is 0 Å². The first-order valence-electron chi connectivity index (χ1n) is 8.45. The summed E-state index contributed by atoms with van der Waals surface area (Å²) in [6.45, 7) is 2.83. The SMILES string of the molecule is O=C(CCNc1ccc(N2CCCC2)cc1)Nc1ccc(Cl)cc1Cl. The van der Waals surface area contributed by atoms with Crippen LogP contribution in [0.25, 0.3) is 0 Å². The monoisotopic (exact) mass is 377 g/mol. The van der Waals surface area contributed by atoms with E-state index < -0.39 is 0 Å². The molecule has 0 aliphatic carbocycles. The maximum absolute atomic E-state index is 12.0. The number of nitrogens with one attached hydrogen (secondary N) is 2. The van der Waals surface area contributed by atoms with Crippen LogP contribution in [0.15, 0.2) is 42.5 Å². The van der Waals surface area contributed by atoms with E-state index in [4.69, 9.17) is 23.2 Å². The number of hydrogen-bond donors (Lipinski definition) is 2. The maximum atomic E-state index is 12.0. The molecule has 0 saturated carbocycles. The second-order valence-electron chi connectivity index (χ2n) is 6.09.